The van der Waals surface area contributed by atoms with Crippen LogP contribution >= 0.6 is 0 Å². The van der Waals surface area contributed by atoms with Gasteiger partial charge in [-0.25, -0.2) is 0 Å². The van der Waals surface area contributed by atoms with E-state index in [1.165, 1.54) is 34.9 Å². The van der Waals surface area contributed by atoms with Crippen molar-refractivity contribution in [3.05, 3.63) is 41.0 Å². The summed E-state index contributed by atoms with van der Waals surface area (Å²) in [5, 5.41) is 0. The van der Waals surface area contributed by atoms with Gasteiger partial charge in [0.2, 0.25) is 0 Å². The van der Waals surface area contributed by atoms with E-state index in [1.807, 2.05) is 0 Å². The highest BCUT2D eigenvalue weighted by Gasteiger charge is 2.56. The molecule has 1 saturated carbocycles. The quantitative estimate of drug-likeness (QED) is 0.639. The molecule has 0 aliphatic heterocycles. The third kappa shape index (κ3) is 2.56. The van der Waals surface area contributed by atoms with E-state index in [-0.39, 0.29) is 17.3 Å². The molecule has 2 heteroatoms. The average Bonchev–Trinajstić information content (AvgIpc) is 2.56. The minimum absolute atomic E-state index is 0.0119. The van der Waals surface area contributed by atoms with Crippen molar-refractivity contribution in [3.63, 3.8) is 0 Å². The van der Waals surface area contributed by atoms with Crippen molar-refractivity contribution < 1.29 is 9.53 Å². The fraction of sp³-hybridized carbons (Fsp3) is 0.609. The number of aryl methyl sites for hydroxylation is 1. The number of hydrogen-bond donors (Lipinski definition) is 0. The zero-order valence-corrected chi connectivity index (χ0v) is 16.7. The summed E-state index contributed by atoms with van der Waals surface area (Å²) in [6, 6.07) is 4.74. The summed E-state index contributed by atoms with van der Waals surface area (Å²) in [6.07, 6.45) is 3.99. The molecule has 3 rings (SSSR count). The van der Waals surface area contributed by atoms with Gasteiger partial charge in [0.1, 0.15) is 0 Å². The molecular formula is C23H32O2. The van der Waals surface area contributed by atoms with Crippen LogP contribution in [0.4, 0.5) is 0 Å². The van der Waals surface area contributed by atoms with E-state index in [0.29, 0.717) is 5.92 Å². The molecule has 25 heavy (non-hydrogen) atoms. The minimum Gasteiger partial charge on any atom is -0.469 e. The Morgan fingerprint density at radius 1 is 1.28 bits per heavy atom. The maximum absolute atomic E-state index is 12.7. The second kappa shape index (κ2) is 6.00. The van der Waals surface area contributed by atoms with E-state index in [2.05, 4.69) is 53.3 Å². The minimum atomic E-state index is -0.424. The largest absolute Gasteiger partial charge is 0.469 e. The van der Waals surface area contributed by atoms with Crippen molar-refractivity contribution in [2.45, 2.75) is 71.6 Å². The SMILES string of the molecule is C=C1C[C@H]2[C@](C)(C(=O)OC)CCC[C@]2(C)c2cc(C)c(C(C)C)cc21. The molecule has 0 bridgehead atoms. The lowest BCUT2D eigenvalue weighted by Crippen LogP contribution is -2.52. The van der Waals surface area contributed by atoms with Gasteiger partial charge in [0.25, 0.3) is 0 Å². The van der Waals surface area contributed by atoms with E-state index in [0.717, 1.165) is 25.7 Å². The molecule has 2 aliphatic rings. The van der Waals surface area contributed by atoms with Crippen LogP contribution in [0.1, 0.15) is 81.5 Å². The Kier molecular flexibility index (Phi) is 4.38. The number of ether oxygens (including phenoxy) is 1. The first-order chi connectivity index (χ1) is 11.6. The van der Waals surface area contributed by atoms with Crippen LogP contribution in [0, 0.1) is 18.3 Å². The number of carbonyl (C=O) groups is 1. The summed E-state index contributed by atoms with van der Waals surface area (Å²) in [6.45, 7) is 15.6. The molecule has 136 valence electrons. The number of benzene rings is 1. The maximum atomic E-state index is 12.7. The number of fused-ring (bicyclic) bond motifs is 3. The van der Waals surface area contributed by atoms with E-state index >= 15 is 0 Å². The zero-order valence-electron chi connectivity index (χ0n) is 16.7. The van der Waals surface area contributed by atoms with Crippen LogP contribution in [0.5, 0.6) is 0 Å². The molecule has 1 fully saturated rings. The molecule has 0 saturated heterocycles. The predicted octanol–water partition coefficient (Wildman–Crippen LogP) is 5.77. The first kappa shape index (κ1) is 18.2. The third-order valence-electron chi connectivity index (χ3n) is 7.06. The van der Waals surface area contributed by atoms with Gasteiger partial charge in [0, 0.05) is 0 Å². The lowest BCUT2D eigenvalue weighted by atomic mass is 9.49. The van der Waals surface area contributed by atoms with Gasteiger partial charge >= 0.3 is 5.97 Å². The van der Waals surface area contributed by atoms with Crippen LogP contribution in [-0.2, 0) is 14.9 Å². The highest BCUT2D eigenvalue weighted by atomic mass is 16.5. The van der Waals surface area contributed by atoms with Crippen LogP contribution in [0.2, 0.25) is 0 Å². The van der Waals surface area contributed by atoms with Crippen molar-refractivity contribution in [3.8, 4) is 0 Å². The lowest BCUT2D eigenvalue weighted by Gasteiger charge is -2.54. The van der Waals surface area contributed by atoms with E-state index in [9.17, 15) is 4.79 Å². The molecule has 0 heterocycles. The number of carbonyl (C=O) groups excluding carboxylic acids is 1. The smallest absolute Gasteiger partial charge is 0.311 e. The second-order valence-electron chi connectivity index (χ2n) is 8.95. The summed E-state index contributed by atoms with van der Waals surface area (Å²) in [5.74, 6) is 0.705. The number of allylic oxidation sites excluding steroid dienone is 1. The van der Waals surface area contributed by atoms with Crippen LogP contribution in [0.15, 0.2) is 18.7 Å². The number of esters is 1. The van der Waals surface area contributed by atoms with Crippen molar-refractivity contribution in [1.29, 1.82) is 0 Å². The molecule has 0 N–H and O–H groups in total. The predicted molar refractivity (Wildman–Crippen MR) is 104 cm³/mol. The molecular weight excluding hydrogens is 308 g/mol. The Morgan fingerprint density at radius 3 is 2.56 bits per heavy atom. The third-order valence-corrected chi connectivity index (χ3v) is 7.06. The van der Waals surface area contributed by atoms with Gasteiger partial charge in [-0.3, -0.25) is 4.79 Å². The Morgan fingerprint density at radius 2 is 1.96 bits per heavy atom. The fourth-order valence-electron chi connectivity index (χ4n) is 5.59. The highest BCUT2D eigenvalue weighted by Crippen LogP contribution is 2.60. The van der Waals surface area contributed by atoms with Gasteiger partial charge in [-0.05, 0) is 78.2 Å². The first-order valence-electron chi connectivity index (χ1n) is 9.56. The van der Waals surface area contributed by atoms with Crippen LogP contribution in [0.3, 0.4) is 0 Å². The van der Waals surface area contributed by atoms with E-state index in [1.54, 1.807) is 0 Å². The molecule has 1 aromatic rings. The Bertz CT molecular complexity index is 730. The molecule has 2 nitrogen and oxygen atoms in total. The topological polar surface area (TPSA) is 26.3 Å². The monoisotopic (exact) mass is 340 g/mol. The lowest BCUT2D eigenvalue weighted by molar-refractivity contribution is -0.160. The molecule has 2 aliphatic carbocycles. The van der Waals surface area contributed by atoms with Gasteiger partial charge in [-0.15, -0.1) is 0 Å². The van der Waals surface area contributed by atoms with Crippen LogP contribution in [0.25, 0.3) is 5.57 Å². The molecule has 0 aromatic heterocycles. The molecule has 3 atom stereocenters. The summed E-state index contributed by atoms with van der Waals surface area (Å²) in [4.78, 5) is 12.7. The van der Waals surface area contributed by atoms with Crippen molar-refractivity contribution in [2.24, 2.45) is 11.3 Å². The standard InChI is InChI=1S/C23H32O2/c1-14(2)17-13-18-16(4)12-20-22(5,19(18)11-15(17)3)9-8-10-23(20,6)21(24)25-7/h11,13-14,20H,4,8-10,12H2,1-3,5-7H3/t20-,22-,23-/m1/s1. The average molecular weight is 341 g/mol. The highest BCUT2D eigenvalue weighted by molar-refractivity contribution is 5.80. The molecule has 0 amide bonds. The van der Waals surface area contributed by atoms with Crippen LogP contribution < -0.4 is 0 Å². The fourth-order valence-corrected chi connectivity index (χ4v) is 5.59. The summed E-state index contributed by atoms with van der Waals surface area (Å²) in [5.41, 5.74) is 6.25. The Hall–Kier alpha value is -1.57. The molecule has 0 spiro atoms. The normalized spacial score (nSPS) is 31.5. The van der Waals surface area contributed by atoms with E-state index in [4.69, 9.17) is 4.74 Å². The van der Waals surface area contributed by atoms with Gasteiger partial charge in [-0.1, -0.05) is 45.9 Å². The summed E-state index contributed by atoms with van der Waals surface area (Å²) >= 11 is 0. The van der Waals surface area contributed by atoms with Gasteiger partial charge < -0.3 is 4.74 Å². The Labute approximate surface area is 152 Å². The molecule has 0 radical (unpaired) electrons. The van der Waals surface area contributed by atoms with Gasteiger partial charge in [-0.2, -0.15) is 0 Å². The van der Waals surface area contributed by atoms with Crippen molar-refractivity contribution in [1.82, 2.24) is 0 Å². The first-order valence-corrected chi connectivity index (χ1v) is 9.56. The summed E-state index contributed by atoms with van der Waals surface area (Å²) < 4.78 is 5.22. The number of methoxy groups -OCH3 is 1. The van der Waals surface area contributed by atoms with Gasteiger partial charge in [0.15, 0.2) is 0 Å². The Balaban J connectivity index is 2.19. The molecule has 0 unspecified atom stereocenters. The van der Waals surface area contributed by atoms with Crippen molar-refractivity contribution in [2.75, 3.05) is 7.11 Å². The van der Waals surface area contributed by atoms with Gasteiger partial charge in [0.05, 0.1) is 12.5 Å². The molecule has 1 aromatic carbocycles. The second-order valence-corrected chi connectivity index (χ2v) is 8.95. The zero-order chi connectivity index (χ0) is 18.6. The van der Waals surface area contributed by atoms with Crippen LogP contribution in [-0.4, -0.2) is 13.1 Å². The maximum Gasteiger partial charge on any atom is 0.311 e. The number of hydrogen-bond acceptors (Lipinski definition) is 2. The summed E-state index contributed by atoms with van der Waals surface area (Å²) in [7, 11) is 1.52. The van der Waals surface area contributed by atoms with Crippen molar-refractivity contribution >= 4 is 11.5 Å². The number of rotatable bonds is 2. The van der Waals surface area contributed by atoms with E-state index < -0.39 is 5.41 Å².